The van der Waals surface area contributed by atoms with Crippen LogP contribution in [0.2, 0.25) is 0 Å². The number of imidazole rings is 1. The van der Waals surface area contributed by atoms with Crippen LogP contribution in [0.4, 0.5) is 4.39 Å². The molecular weight excluding hydrogens is 420 g/mol. The van der Waals surface area contributed by atoms with Crippen molar-refractivity contribution in [1.29, 1.82) is 0 Å². The van der Waals surface area contributed by atoms with Crippen LogP contribution in [0.1, 0.15) is 27.8 Å². The highest BCUT2D eigenvalue weighted by molar-refractivity contribution is 14.1. The Hall–Kier alpha value is -2.22. The molecule has 2 aromatic carbocycles. The van der Waals surface area contributed by atoms with Gasteiger partial charge in [0.05, 0.1) is 0 Å². The predicted octanol–water partition coefficient (Wildman–Crippen LogP) is 3.68. The van der Waals surface area contributed by atoms with Gasteiger partial charge in [-0.1, -0.05) is 18.2 Å². The minimum atomic E-state index is -0.462. The average molecular weight is 435 g/mol. The van der Waals surface area contributed by atoms with Crippen molar-refractivity contribution < 1.29 is 9.18 Å². The number of nitrogens with one attached hydrogen (secondary N) is 1. The van der Waals surface area contributed by atoms with Crippen molar-refractivity contribution >= 4 is 28.5 Å². The molecule has 1 heterocycles. The van der Waals surface area contributed by atoms with E-state index in [0.29, 0.717) is 11.4 Å². The second-order valence-corrected chi connectivity index (χ2v) is 6.61. The van der Waals surface area contributed by atoms with E-state index in [4.69, 9.17) is 0 Å². The molecule has 0 radical (unpaired) electrons. The summed E-state index contributed by atoms with van der Waals surface area (Å²) in [7, 11) is 1.86. The van der Waals surface area contributed by atoms with Crippen molar-refractivity contribution in [3.8, 4) is 0 Å². The first-order valence-electron chi connectivity index (χ1n) is 7.34. The number of rotatable bonds is 4. The second-order valence-electron chi connectivity index (χ2n) is 5.36. The molecule has 0 unspecified atom stereocenters. The lowest BCUT2D eigenvalue weighted by molar-refractivity contribution is 0.0941. The Balaban J connectivity index is 1.95. The highest BCUT2D eigenvalue weighted by Crippen LogP contribution is 2.21. The molecule has 6 heteroatoms. The zero-order chi connectivity index (χ0) is 17.1. The largest absolute Gasteiger partial charge is 0.338 e. The molecule has 122 valence electrons. The summed E-state index contributed by atoms with van der Waals surface area (Å²) < 4.78 is 16.1. The molecule has 1 atom stereocenters. The van der Waals surface area contributed by atoms with Gasteiger partial charge in [-0.25, -0.2) is 9.37 Å². The molecule has 3 rings (SSSR count). The summed E-state index contributed by atoms with van der Waals surface area (Å²) in [4.78, 5) is 17.0. The number of aryl methyl sites for hydroxylation is 1. The minimum Gasteiger partial charge on any atom is -0.338 e. The number of halogens is 2. The Labute approximate surface area is 152 Å². The van der Waals surface area contributed by atoms with Crippen molar-refractivity contribution in [2.75, 3.05) is 0 Å². The first-order chi connectivity index (χ1) is 11.5. The third-order valence-electron chi connectivity index (χ3n) is 3.68. The molecule has 1 aromatic heterocycles. The molecule has 3 aromatic rings. The normalized spacial score (nSPS) is 12.0. The maximum absolute atomic E-state index is 13.2. The maximum Gasteiger partial charge on any atom is 0.252 e. The topological polar surface area (TPSA) is 46.9 Å². The van der Waals surface area contributed by atoms with Crippen LogP contribution in [-0.4, -0.2) is 15.5 Å². The lowest BCUT2D eigenvalue weighted by atomic mass is 10.1. The molecule has 24 heavy (non-hydrogen) atoms. The highest BCUT2D eigenvalue weighted by atomic mass is 127. The van der Waals surface area contributed by atoms with E-state index in [-0.39, 0.29) is 11.7 Å². The van der Waals surface area contributed by atoms with E-state index < -0.39 is 6.04 Å². The maximum atomic E-state index is 13.2. The highest BCUT2D eigenvalue weighted by Gasteiger charge is 2.21. The summed E-state index contributed by atoms with van der Waals surface area (Å²) in [6, 6.07) is 12.9. The van der Waals surface area contributed by atoms with Crippen molar-refractivity contribution in [3.05, 3.63) is 87.3 Å². The van der Waals surface area contributed by atoms with E-state index in [1.165, 1.54) is 12.1 Å². The van der Waals surface area contributed by atoms with Gasteiger partial charge in [-0.3, -0.25) is 4.79 Å². The Kier molecular flexibility index (Phi) is 4.94. The van der Waals surface area contributed by atoms with Gasteiger partial charge in [0, 0.05) is 28.6 Å². The summed E-state index contributed by atoms with van der Waals surface area (Å²) >= 11 is 2.17. The SMILES string of the molecule is Cn1ccnc1[C@H](NC(=O)c1cccc(I)c1)c1ccc(F)cc1. The molecule has 0 bridgehead atoms. The van der Waals surface area contributed by atoms with Crippen molar-refractivity contribution in [2.45, 2.75) is 6.04 Å². The fraction of sp³-hybridized carbons (Fsp3) is 0.111. The minimum absolute atomic E-state index is 0.203. The quantitative estimate of drug-likeness (QED) is 0.636. The van der Waals surface area contributed by atoms with Crippen LogP contribution in [0.25, 0.3) is 0 Å². The Morgan fingerprint density at radius 3 is 2.62 bits per heavy atom. The van der Waals surface area contributed by atoms with Gasteiger partial charge >= 0.3 is 0 Å². The van der Waals surface area contributed by atoms with Gasteiger partial charge in [-0.05, 0) is 58.5 Å². The third kappa shape index (κ3) is 3.64. The number of nitrogens with zero attached hydrogens (tertiary/aromatic N) is 2. The van der Waals surface area contributed by atoms with Gasteiger partial charge in [0.25, 0.3) is 5.91 Å². The van der Waals surface area contributed by atoms with Crippen LogP contribution in [0.15, 0.2) is 60.9 Å². The van der Waals surface area contributed by atoms with Crippen LogP contribution in [-0.2, 0) is 7.05 Å². The molecular formula is C18H15FIN3O. The summed E-state index contributed by atoms with van der Waals surface area (Å²) in [5.41, 5.74) is 1.34. The molecule has 0 aliphatic heterocycles. The van der Waals surface area contributed by atoms with E-state index in [0.717, 1.165) is 9.13 Å². The Morgan fingerprint density at radius 1 is 1.25 bits per heavy atom. The molecule has 0 fully saturated rings. The number of carbonyl (C=O) groups excluding carboxylic acids is 1. The predicted molar refractivity (Wildman–Crippen MR) is 98.1 cm³/mol. The van der Waals surface area contributed by atoms with E-state index in [1.807, 2.05) is 36.0 Å². The Bertz CT molecular complexity index is 861. The van der Waals surface area contributed by atoms with Crippen LogP contribution in [0, 0.1) is 9.39 Å². The smallest absolute Gasteiger partial charge is 0.252 e. The molecule has 0 saturated heterocycles. The molecule has 0 aliphatic rings. The number of carbonyl (C=O) groups is 1. The van der Waals surface area contributed by atoms with Gasteiger partial charge in [0.15, 0.2) is 0 Å². The summed E-state index contributed by atoms with van der Waals surface area (Å²) in [6.45, 7) is 0. The third-order valence-corrected chi connectivity index (χ3v) is 4.35. The Morgan fingerprint density at radius 2 is 2.00 bits per heavy atom. The molecule has 1 N–H and O–H groups in total. The van der Waals surface area contributed by atoms with E-state index in [1.54, 1.807) is 24.4 Å². The average Bonchev–Trinajstić information content (AvgIpc) is 2.99. The number of hydrogen-bond donors (Lipinski definition) is 1. The van der Waals surface area contributed by atoms with Crippen LogP contribution >= 0.6 is 22.6 Å². The number of amides is 1. The summed E-state index contributed by atoms with van der Waals surface area (Å²) in [5.74, 6) is 0.160. The molecule has 4 nitrogen and oxygen atoms in total. The van der Waals surface area contributed by atoms with Crippen molar-refractivity contribution in [1.82, 2.24) is 14.9 Å². The molecule has 0 spiro atoms. The van der Waals surface area contributed by atoms with Crippen LogP contribution in [0.3, 0.4) is 0 Å². The van der Waals surface area contributed by atoms with Crippen LogP contribution < -0.4 is 5.32 Å². The van der Waals surface area contributed by atoms with Gasteiger partial charge in [0.2, 0.25) is 0 Å². The van der Waals surface area contributed by atoms with Crippen molar-refractivity contribution in [2.24, 2.45) is 7.05 Å². The first-order valence-corrected chi connectivity index (χ1v) is 8.41. The van der Waals surface area contributed by atoms with E-state index in [2.05, 4.69) is 32.9 Å². The monoisotopic (exact) mass is 435 g/mol. The fourth-order valence-electron chi connectivity index (χ4n) is 2.45. The molecule has 1 amide bonds. The van der Waals surface area contributed by atoms with E-state index in [9.17, 15) is 9.18 Å². The number of aromatic nitrogens is 2. The summed E-state index contributed by atoms with van der Waals surface area (Å²) in [5, 5.41) is 2.99. The summed E-state index contributed by atoms with van der Waals surface area (Å²) in [6.07, 6.45) is 3.48. The second kappa shape index (κ2) is 7.12. The molecule has 0 aliphatic carbocycles. The number of hydrogen-bond acceptors (Lipinski definition) is 2. The molecule has 0 saturated carbocycles. The zero-order valence-corrected chi connectivity index (χ0v) is 15.1. The van der Waals surface area contributed by atoms with Crippen molar-refractivity contribution in [3.63, 3.8) is 0 Å². The number of benzene rings is 2. The fourth-order valence-corrected chi connectivity index (χ4v) is 2.99. The van der Waals surface area contributed by atoms with E-state index >= 15 is 0 Å². The standard InChI is InChI=1S/C18H15FIN3O/c1-23-10-9-21-17(23)16(12-5-7-14(19)8-6-12)22-18(24)13-3-2-4-15(20)11-13/h2-11,16H,1H3,(H,22,24)/t16-/m1/s1. The van der Waals surface area contributed by atoms with Gasteiger partial charge in [0.1, 0.15) is 17.7 Å². The lowest BCUT2D eigenvalue weighted by Crippen LogP contribution is -2.31. The zero-order valence-electron chi connectivity index (χ0n) is 12.9. The lowest BCUT2D eigenvalue weighted by Gasteiger charge is -2.19. The van der Waals surface area contributed by atoms with Crippen LogP contribution in [0.5, 0.6) is 0 Å². The van der Waals surface area contributed by atoms with Gasteiger partial charge in [-0.15, -0.1) is 0 Å². The first kappa shape index (κ1) is 16.6. The van der Waals surface area contributed by atoms with Gasteiger partial charge < -0.3 is 9.88 Å². The van der Waals surface area contributed by atoms with Gasteiger partial charge in [-0.2, -0.15) is 0 Å².